The number of allylic oxidation sites excluding steroid dienone is 2. The number of rotatable bonds is 3. The molecule has 0 atom stereocenters. The third-order valence-corrected chi connectivity index (χ3v) is 5.01. The van der Waals surface area contributed by atoms with Gasteiger partial charge in [0.2, 0.25) is 5.78 Å². The minimum Gasteiger partial charge on any atom is -0.371 e. The summed E-state index contributed by atoms with van der Waals surface area (Å²) in [4.78, 5) is 30.7. The Bertz CT molecular complexity index is 943. The smallest absolute Gasteiger partial charge is 0.201 e. The molecule has 0 spiro atoms. The summed E-state index contributed by atoms with van der Waals surface area (Å²) in [7, 11) is 3.93. The van der Waals surface area contributed by atoms with E-state index in [0.717, 1.165) is 30.0 Å². The highest BCUT2D eigenvalue weighted by atomic mass is 16.1. The van der Waals surface area contributed by atoms with Crippen LogP contribution in [0, 0.1) is 0 Å². The van der Waals surface area contributed by atoms with E-state index in [-0.39, 0.29) is 17.1 Å². The van der Waals surface area contributed by atoms with Crippen LogP contribution in [0.2, 0.25) is 0 Å². The third-order valence-electron chi connectivity index (χ3n) is 5.01. The van der Waals surface area contributed by atoms with Crippen molar-refractivity contribution in [3.05, 3.63) is 88.8 Å². The van der Waals surface area contributed by atoms with Gasteiger partial charge in [0.1, 0.15) is 0 Å². The number of hydrogen-bond donors (Lipinski definition) is 0. The Kier molecular flexibility index (Phi) is 3.96. The minimum atomic E-state index is -0.212. The van der Waals surface area contributed by atoms with E-state index in [9.17, 15) is 9.59 Å². The van der Waals surface area contributed by atoms with E-state index in [4.69, 9.17) is 0 Å². The van der Waals surface area contributed by atoms with E-state index in [1.54, 1.807) is 12.1 Å². The molecular formula is C22H20N2O2. The fourth-order valence-corrected chi connectivity index (χ4v) is 3.66. The van der Waals surface area contributed by atoms with Crippen molar-refractivity contribution in [3.8, 4) is 0 Å². The van der Waals surface area contributed by atoms with Crippen LogP contribution in [0.25, 0.3) is 5.57 Å². The first-order valence-electron chi connectivity index (χ1n) is 8.70. The van der Waals surface area contributed by atoms with Crippen LogP contribution in [0.4, 0.5) is 0 Å². The summed E-state index contributed by atoms with van der Waals surface area (Å²) in [6, 6.07) is 18.6. The molecule has 0 N–H and O–H groups in total. The van der Waals surface area contributed by atoms with E-state index in [1.807, 2.05) is 67.5 Å². The molecule has 1 saturated heterocycles. The van der Waals surface area contributed by atoms with Crippen LogP contribution in [0.5, 0.6) is 0 Å². The molecule has 2 aliphatic rings. The molecule has 0 radical (unpaired) electrons. The molecule has 4 heteroatoms. The van der Waals surface area contributed by atoms with E-state index >= 15 is 0 Å². The second-order valence-electron chi connectivity index (χ2n) is 6.68. The number of fused-ring (bicyclic) bond motifs is 1. The van der Waals surface area contributed by atoms with Crippen molar-refractivity contribution in [2.75, 3.05) is 27.2 Å². The van der Waals surface area contributed by atoms with Gasteiger partial charge in [0, 0.05) is 32.7 Å². The van der Waals surface area contributed by atoms with Gasteiger partial charge in [-0.3, -0.25) is 9.59 Å². The van der Waals surface area contributed by atoms with E-state index in [1.165, 1.54) is 0 Å². The van der Waals surface area contributed by atoms with Crippen molar-refractivity contribution in [3.63, 3.8) is 0 Å². The van der Waals surface area contributed by atoms with Gasteiger partial charge in [0.15, 0.2) is 5.78 Å². The molecule has 0 amide bonds. The zero-order valence-electron chi connectivity index (χ0n) is 14.9. The van der Waals surface area contributed by atoms with Gasteiger partial charge in [-0.1, -0.05) is 60.7 Å². The number of Topliss-reactive ketones (excluding diaryl/α,β-unsaturated/α-hetero) is 2. The van der Waals surface area contributed by atoms with Crippen LogP contribution in [0.15, 0.2) is 77.6 Å². The lowest BCUT2D eigenvalue weighted by atomic mass is 9.96. The monoisotopic (exact) mass is 344 g/mol. The Morgan fingerprint density at radius 1 is 0.808 bits per heavy atom. The van der Waals surface area contributed by atoms with Crippen molar-refractivity contribution in [2.45, 2.75) is 0 Å². The van der Waals surface area contributed by atoms with Gasteiger partial charge >= 0.3 is 0 Å². The molecule has 4 nitrogen and oxygen atoms in total. The maximum atomic E-state index is 13.4. The van der Waals surface area contributed by atoms with Crippen molar-refractivity contribution >= 4 is 17.1 Å². The van der Waals surface area contributed by atoms with Crippen molar-refractivity contribution in [2.24, 2.45) is 0 Å². The first-order chi connectivity index (χ1) is 12.6. The molecule has 2 aromatic carbocycles. The highest BCUT2D eigenvalue weighted by Crippen LogP contribution is 2.41. The van der Waals surface area contributed by atoms with Crippen molar-refractivity contribution < 1.29 is 9.59 Å². The number of likely N-dealkylation sites (N-methyl/N-ethyl adjacent to an activating group) is 2. The SMILES string of the molecule is CN1CCN(C)C2=C(c3ccccc3)C(=O)C(C(=O)c3ccccc3)=C21. The van der Waals surface area contributed by atoms with Crippen LogP contribution in [0.3, 0.4) is 0 Å². The lowest BCUT2D eigenvalue weighted by molar-refractivity contribution is -0.110. The molecule has 0 bridgehead atoms. The zero-order chi connectivity index (χ0) is 18.3. The Morgan fingerprint density at radius 3 is 1.96 bits per heavy atom. The number of ketones is 2. The highest BCUT2D eigenvalue weighted by molar-refractivity contribution is 6.44. The summed E-state index contributed by atoms with van der Waals surface area (Å²) in [6.07, 6.45) is 0. The fraction of sp³-hybridized carbons (Fsp3) is 0.182. The molecule has 0 saturated carbocycles. The van der Waals surface area contributed by atoms with Gasteiger partial charge in [0.05, 0.1) is 22.5 Å². The Balaban J connectivity index is 1.91. The number of hydrogen-bond acceptors (Lipinski definition) is 4. The van der Waals surface area contributed by atoms with Gasteiger partial charge < -0.3 is 9.80 Å². The first-order valence-corrected chi connectivity index (χ1v) is 8.70. The Hall–Kier alpha value is -3.14. The van der Waals surface area contributed by atoms with Crippen molar-refractivity contribution in [1.29, 1.82) is 0 Å². The second kappa shape index (κ2) is 6.30. The fourth-order valence-electron chi connectivity index (χ4n) is 3.66. The van der Waals surface area contributed by atoms with Gasteiger partial charge in [-0.05, 0) is 5.56 Å². The lowest BCUT2D eigenvalue weighted by Gasteiger charge is -2.36. The predicted octanol–water partition coefficient (Wildman–Crippen LogP) is 2.99. The van der Waals surface area contributed by atoms with E-state index in [0.29, 0.717) is 11.1 Å². The number of carbonyl (C=O) groups excluding carboxylic acids is 2. The molecule has 1 heterocycles. The molecule has 130 valence electrons. The zero-order valence-corrected chi connectivity index (χ0v) is 14.9. The quantitative estimate of drug-likeness (QED) is 0.634. The molecule has 0 aromatic heterocycles. The summed E-state index contributed by atoms with van der Waals surface area (Å²) in [5, 5.41) is 0. The summed E-state index contributed by atoms with van der Waals surface area (Å²) >= 11 is 0. The van der Waals surface area contributed by atoms with Crippen LogP contribution in [0.1, 0.15) is 15.9 Å². The third kappa shape index (κ3) is 2.46. The average molecular weight is 344 g/mol. The van der Waals surface area contributed by atoms with Gasteiger partial charge in [0.25, 0.3) is 0 Å². The topological polar surface area (TPSA) is 40.6 Å². The standard InChI is InChI=1S/C22H20N2O2/c1-23-13-14-24(2)20-18(21(25)16-11-7-4-8-12-16)22(26)17(19(20)23)15-9-5-3-6-10-15/h3-12H,13-14H2,1-2H3. The average Bonchev–Trinajstić information content (AvgIpc) is 2.99. The summed E-state index contributed by atoms with van der Waals surface area (Å²) < 4.78 is 0. The Morgan fingerprint density at radius 2 is 1.35 bits per heavy atom. The molecule has 4 rings (SSSR count). The number of benzene rings is 2. The number of carbonyl (C=O) groups is 2. The molecule has 1 aliphatic heterocycles. The molecule has 1 fully saturated rings. The van der Waals surface area contributed by atoms with E-state index < -0.39 is 0 Å². The Labute approximate surface area is 153 Å². The number of nitrogens with zero attached hydrogens (tertiary/aromatic N) is 2. The number of piperazine rings is 1. The summed E-state index contributed by atoms with van der Waals surface area (Å²) in [6.45, 7) is 1.59. The van der Waals surface area contributed by atoms with Gasteiger partial charge in [-0.15, -0.1) is 0 Å². The van der Waals surface area contributed by atoms with Crippen LogP contribution >= 0.6 is 0 Å². The molecule has 0 unspecified atom stereocenters. The maximum absolute atomic E-state index is 13.4. The molecule has 1 aliphatic carbocycles. The predicted molar refractivity (Wildman–Crippen MR) is 101 cm³/mol. The summed E-state index contributed by atoms with van der Waals surface area (Å²) in [5.41, 5.74) is 3.89. The molecule has 26 heavy (non-hydrogen) atoms. The lowest BCUT2D eigenvalue weighted by Crippen LogP contribution is -2.39. The van der Waals surface area contributed by atoms with Crippen molar-refractivity contribution in [1.82, 2.24) is 9.80 Å². The van der Waals surface area contributed by atoms with Gasteiger partial charge in [-0.25, -0.2) is 0 Å². The molecule has 2 aromatic rings. The van der Waals surface area contributed by atoms with Crippen LogP contribution < -0.4 is 0 Å². The largest absolute Gasteiger partial charge is 0.371 e. The normalized spacial score (nSPS) is 17.1. The van der Waals surface area contributed by atoms with Crippen LogP contribution in [-0.2, 0) is 4.79 Å². The highest BCUT2D eigenvalue weighted by Gasteiger charge is 2.41. The minimum absolute atomic E-state index is 0.185. The van der Waals surface area contributed by atoms with E-state index in [2.05, 4.69) is 4.90 Å². The molecular weight excluding hydrogens is 324 g/mol. The maximum Gasteiger partial charge on any atom is 0.201 e. The first kappa shape index (κ1) is 16.3. The van der Waals surface area contributed by atoms with Gasteiger partial charge in [-0.2, -0.15) is 0 Å². The summed E-state index contributed by atoms with van der Waals surface area (Å²) in [5.74, 6) is -0.396. The second-order valence-corrected chi connectivity index (χ2v) is 6.68. The van der Waals surface area contributed by atoms with Crippen LogP contribution in [-0.4, -0.2) is 48.6 Å².